The van der Waals surface area contributed by atoms with Gasteiger partial charge in [-0.25, -0.2) is 0 Å². The van der Waals surface area contributed by atoms with E-state index in [1.807, 2.05) is 0 Å². The molecule has 7 heavy (non-hydrogen) atoms. The summed E-state index contributed by atoms with van der Waals surface area (Å²) in [5.74, 6) is 0. The molecule has 44 valence electrons. The Labute approximate surface area is 46.2 Å². The lowest BCUT2D eigenvalue weighted by molar-refractivity contribution is 0.628. The minimum Gasteiger partial charge on any atom is -0.412 e. The van der Waals surface area contributed by atoms with Gasteiger partial charge < -0.3 is 5.48 Å². The molecule has 0 aromatic rings. The molecule has 0 heterocycles. The molecule has 0 amide bonds. The lowest BCUT2D eigenvalue weighted by atomic mass is 15.9. The summed E-state index contributed by atoms with van der Waals surface area (Å²) in [5, 5.41) is 0. The molecule has 0 bridgehead atoms. The van der Waals surface area contributed by atoms with Crippen molar-refractivity contribution in [2.75, 3.05) is 0 Å². The number of hydrogen-bond acceptors (Lipinski definition) is 4. The highest BCUT2D eigenvalue weighted by molar-refractivity contribution is 7.51. The third kappa shape index (κ3) is 454. The maximum Gasteiger partial charge on any atom is 0.335 e. The van der Waals surface area contributed by atoms with Crippen molar-refractivity contribution in [3.63, 3.8) is 0 Å². The van der Waals surface area contributed by atoms with Crippen molar-refractivity contribution in [3.05, 3.63) is 0 Å². The normalized spacial score (nSPS) is 3.43. The Morgan fingerprint density at radius 3 is 0.714 bits per heavy atom. The topological polar surface area (TPSA) is 99.8 Å². The summed E-state index contributed by atoms with van der Waals surface area (Å²) in [7, 11) is 0. The lowest BCUT2D eigenvalue weighted by Gasteiger charge is -0.947. The van der Waals surface area contributed by atoms with E-state index in [2.05, 4.69) is 0 Å². The monoisotopic (exact) mass is 146 g/mol. The first-order valence-corrected chi connectivity index (χ1v) is 2.00. The van der Waals surface area contributed by atoms with Crippen LogP contribution in [-0.2, 0) is 23.1 Å². The Hall–Kier alpha value is -0.400. The lowest BCUT2D eigenvalue weighted by Crippen LogP contribution is -1.18. The standard InChI is InChI=1S/2O2S.H2O/c2*1-3-2;/h;;1H2. The second-order valence-corrected chi connectivity index (χ2v) is 0.408. The van der Waals surface area contributed by atoms with Crippen molar-refractivity contribution in [2.45, 2.75) is 0 Å². The van der Waals surface area contributed by atoms with Crippen LogP contribution in [0.3, 0.4) is 0 Å². The maximum absolute atomic E-state index is 8.29. The largest absolute Gasteiger partial charge is 0.412 e. The van der Waals surface area contributed by atoms with E-state index in [0.29, 0.717) is 0 Å². The summed E-state index contributed by atoms with van der Waals surface area (Å²) in [5.41, 5.74) is 0. The Bertz CT molecular complexity index is 60.1. The van der Waals surface area contributed by atoms with Gasteiger partial charge >= 0.3 is 23.1 Å². The average molecular weight is 146 g/mol. The van der Waals surface area contributed by atoms with Crippen LogP contribution >= 0.6 is 0 Å². The third-order valence-corrected chi connectivity index (χ3v) is 0. The van der Waals surface area contributed by atoms with Crippen molar-refractivity contribution in [1.82, 2.24) is 0 Å². The Morgan fingerprint density at radius 1 is 0.714 bits per heavy atom. The SMILES string of the molecule is O.O=S=O.O=S=O. The smallest absolute Gasteiger partial charge is 0.335 e. The van der Waals surface area contributed by atoms with Gasteiger partial charge in [0.15, 0.2) is 0 Å². The first-order chi connectivity index (χ1) is 2.83. The van der Waals surface area contributed by atoms with E-state index >= 15 is 0 Å². The molecule has 0 aliphatic rings. The van der Waals surface area contributed by atoms with E-state index in [9.17, 15) is 0 Å². The average Bonchev–Trinajstić information content (AvgIpc) is 1.39. The van der Waals surface area contributed by atoms with Crippen molar-refractivity contribution in [1.29, 1.82) is 0 Å². The van der Waals surface area contributed by atoms with Crippen LogP contribution in [0.1, 0.15) is 0 Å². The summed E-state index contributed by atoms with van der Waals surface area (Å²) < 4.78 is 33.2. The summed E-state index contributed by atoms with van der Waals surface area (Å²) in [4.78, 5) is 0. The molecular weight excluding hydrogens is 144 g/mol. The first kappa shape index (κ1) is 16.0. The van der Waals surface area contributed by atoms with Gasteiger partial charge in [0.25, 0.3) is 0 Å². The predicted molar refractivity (Wildman–Crippen MR) is 21.5 cm³/mol. The molecule has 0 saturated heterocycles. The second-order valence-electron chi connectivity index (χ2n) is 0.136. The molecule has 0 aliphatic heterocycles. The van der Waals surface area contributed by atoms with Crippen LogP contribution in [0.15, 0.2) is 0 Å². The highest BCUT2D eigenvalue weighted by Gasteiger charge is 1.12. The van der Waals surface area contributed by atoms with Gasteiger partial charge in [0.05, 0.1) is 0 Å². The molecule has 5 nitrogen and oxygen atoms in total. The number of hydrogen-bond donors (Lipinski definition) is 0. The van der Waals surface area contributed by atoms with Crippen LogP contribution in [0.4, 0.5) is 0 Å². The van der Waals surface area contributed by atoms with Gasteiger partial charge in [-0.3, -0.25) is 0 Å². The van der Waals surface area contributed by atoms with E-state index in [1.54, 1.807) is 0 Å². The zero-order chi connectivity index (χ0) is 5.41. The fourth-order valence-corrected chi connectivity index (χ4v) is 0. The molecule has 2 N–H and O–H groups in total. The van der Waals surface area contributed by atoms with Crippen LogP contribution < -0.4 is 0 Å². The minimum atomic E-state index is -0.750. The molecule has 0 saturated carbocycles. The van der Waals surface area contributed by atoms with Crippen molar-refractivity contribution < 1.29 is 22.3 Å². The van der Waals surface area contributed by atoms with E-state index < -0.39 is 23.1 Å². The molecule has 0 spiro atoms. The van der Waals surface area contributed by atoms with Crippen molar-refractivity contribution >= 4 is 23.1 Å². The molecule has 0 rings (SSSR count). The van der Waals surface area contributed by atoms with Crippen LogP contribution in [0.5, 0.6) is 0 Å². The molecule has 0 aromatic carbocycles. The van der Waals surface area contributed by atoms with Crippen LogP contribution in [0, 0.1) is 0 Å². The Balaban J connectivity index is -0.0000000400. The fourth-order valence-electron chi connectivity index (χ4n) is 0. The van der Waals surface area contributed by atoms with Gasteiger partial charge in [-0.1, -0.05) is 0 Å². The van der Waals surface area contributed by atoms with Gasteiger partial charge in [-0.15, -0.1) is 0 Å². The zero-order valence-electron chi connectivity index (χ0n) is 2.95. The van der Waals surface area contributed by atoms with Crippen LogP contribution in [-0.4, -0.2) is 22.3 Å². The number of rotatable bonds is 0. The summed E-state index contributed by atoms with van der Waals surface area (Å²) >= 11 is -1.50. The first-order valence-electron chi connectivity index (χ1n) is 0.667. The Morgan fingerprint density at radius 2 is 0.714 bits per heavy atom. The molecule has 0 atom stereocenters. The van der Waals surface area contributed by atoms with E-state index in [1.165, 1.54) is 0 Å². The van der Waals surface area contributed by atoms with E-state index in [4.69, 9.17) is 16.8 Å². The fraction of sp³-hybridized carbons (Fsp3) is 0. The molecule has 0 aromatic heterocycles. The second kappa shape index (κ2) is 46.3. The van der Waals surface area contributed by atoms with Crippen LogP contribution in [0.2, 0.25) is 0 Å². The van der Waals surface area contributed by atoms with Gasteiger partial charge in [0.1, 0.15) is 0 Å². The summed E-state index contributed by atoms with van der Waals surface area (Å²) in [6.45, 7) is 0. The van der Waals surface area contributed by atoms with Gasteiger partial charge in [0.2, 0.25) is 0 Å². The maximum atomic E-state index is 8.29. The summed E-state index contributed by atoms with van der Waals surface area (Å²) in [6, 6.07) is 0. The third-order valence-electron chi connectivity index (χ3n) is 0. The van der Waals surface area contributed by atoms with Gasteiger partial charge in [-0.2, -0.15) is 16.8 Å². The van der Waals surface area contributed by atoms with Crippen LogP contribution in [0.25, 0.3) is 0 Å². The molecular formula is H2O5S2. The van der Waals surface area contributed by atoms with E-state index in [-0.39, 0.29) is 5.48 Å². The minimum absolute atomic E-state index is 0. The highest BCUT2D eigenvalue weighted by atomic mass is 32.1. The quantitative estimate of drug-likeness (QED) is 0.388. The highest BCUT2D eigenvalue weighted by Crippen LogP contribution is 0.849. The summed E-state index contributed by atoms with van der Waals surface area (Å²) in [6.07, 6.45) is 0. The molecule has 0 unspecified atom stereocenters. The molecule has 0 radical (unpaired) electrons. The molecule has 7 heteroatoms. The van der Waals surface area contributed by atoms with Crippen molar-refractivity contribution in [2.24, 2.45) is 0 Å². The van der Waals surface area contributed by atoms with Gasteiger partial charge in [0, 0.05) is 0 Å². The Kier molecular flexibility index (Phi) is 106. The van der Waals surface area contributed by atoms with E-state index in [0.717, 1.165) is 0 Å². The van der Waals surface area contributed by atoms with Crippen molar-refractivity contribution in [3.8, 4) is 0 Å². The molecule has 0 fully saturated rings. The zero-order valence-corrected chi connectivity index (χ0v) is 4.58. The predicted octanol–water partition coefficient (Wildman–Crippen LogP) is -2.17. The van der Waals surface area contributed by atoms with Gasteiger partial charge in [-0.05, 0) is 0 Å². The molecule has 0 aliphatic carbocycles.